The number of carboxylic acid groups (broad SMARTS) is 1. The van der Waals surface area contributed by atoms with E-state index in [9.17, 15) is 9.59 Å². The lowest BCUT2D eigenvalue weighted by molar-refractivity contribution is -0.138. The monoisotopic (exact) mass is 265 g/mol. The van der Waals surface area contributed by atoms with Crippen LogP contribution < -0.4 is 14.8 Å². The van der Waals surface area contributed by atoms with Crippen molar-refractivity contribution >= 4 is 11.9 Å². The highest BCUT2D eigenvalue weighted by Gasteiger charge is 2.20. The fourth-order valence-corrected chi connectivity index (χ4v) is 1.70. The van der Waals surface area contributed by atoms with E-state index in [1.165, 1.54) is 0 Å². The van der Waals surface area contributed by atoms with E-state index in [1.54, 1.807) is 6.07 Å². The quantitative estimate of drug-likeness (QED) is 0.822. The second kappa shape index (κ2) is 6.08. The van der Waals surface area contributed by atoms with Gasteiger partial charge >= 0.3 is 5.97 Å². The second-order valence-electron chi connectivity index (χ2n) is 4.20. The van der Waals surface area contributed by atoms with E-state index in [-0.39, 0.29) is 24.9 Å². The van der Waals surface area contributed by atoms with Gasteiger partial charge in [0, 0.05) is 6.42 Å². The van der Waals surface area contributed by atoms with E-state index in [0.717, 1.165) is 0 Å². The van der Waals surface area contributed by atoms with Crippen LogP contribution in [0.3, 0.4) is 0 Å². The summed E-state index contributed by atoms with van der Waals surface area (Å²) >= 11 is 0. The Kier molecular flexibility index (Phi) is 4.22. The highest BCUT2D eigenvalue weighted by atomic mass is 16.6. The van der Waals surface area contributed by atoms with Crippen molar-refractivity contribution < 1.29 is 24.2 Å². The first kappa shape index (κ1) is 13.2. The number of rotatable bonds is 5. The summed E-state index contributed by atoms with van der Waals surface area (Å²) in [5.41, 5.74) is 0. The highest BCUT2D eigenvalue weighted by Crippen LogP contribution is 2.30. The minimum absolute atomic E-state index is 0.0283. The molecule has 0 bridgehead atoms. The number of ether oxygens (including phenoxy) is 2. The van der Waals surface area contributed by atoms with E-state index in [4.69, 9.17) is 14.6 Å². The molecule has 102 valence electrons. The minimum atomic E-state index is -0.985. The van der Waals surface area contributed by atoms with Crippen molar-refractivity contribution in [2.45, 2.75) is 18.9 Å². The Morgan fingerprint density at radius 2 is 2.00 bits per heavy atom. The number of carbonyl (C=O) groups excluding carboxylic acids is 1. The summed E-state index contributed by atoms with van der Waals surface area (Å²) in [4.78, 5) is 21.7. The third-order valence-corrected chi connectivity index (χ3v) is 2.66. The molecule has 2 N–H and O–H groups in total. The minimum Gasteiger partial charge on any atom is -0.486 e. The van der Waals surface area contributed by atoms with Crippen LogP contribution in [0.4, 0.5) is 0 Å². The molecule has 6 nitrogen and oxygen atoms in total. The summed E-state index contributed by atoms with van der Waals surface area (Å²) in [5.74, 6) is 0.0562. The SMILES string of the molecule is O=C(O)CCC(=O)NCC1COc2ccccc2O1. The molecule has 0 aromatic heterocycles. The maximum Gasteiger partial charge on any atom is 0.303 e. The van der Waals surface area contributed by atoms with Crippen LogP contribution in [0.1, 0.15) is 12.8 Å². The molecule has 1 heterocycles. The number of nitrogens with one attached hydrogen (secondary N) is 1. The van der Waals surface area contributed by atoms with E-state index in [2.05, 4.69) is 5.32 Å². The van der Waals surface area contributed by atoms with Gasteiger partial charge in [-0.05, 0) is 12.1 Å². The Morgan fingerprint density at radius 3 is 2.74 bits per heavy atom. The molecule has 1 aliphatic rings. The zero-order valence-corrected chi connectivity index (χ0v) is 10.3. The Balaban J connectivity index is 1.76. The molecule has 1 aromatic carbocycles. The van der Waals surface area contributed by atoms with Crippen LogP contribution >= 0.6 is 0 Å². The molecule has 0 saturated carbocycles. The predicted molar refractivity (Wildman–Crippen MR) is 66.2 cm³/mol. The summed E-state index contributed by atoms with van der Waals surface area (Å²) in [6.07, 6.45) is -0.459. The lowest BCUT2D eigenvalue weighted by Crippen LogP contribution is -2.40. The molecule has 19 heavy (non-hydrogen) atoms. The van der Waals surface area contributed by atoms with E-state index < -0.39 is 5.97 Å². The fraction of sp³-hybridized carbons (Fsp3) is 0.385. The smallest absolute Gasteiger partial charge is 0.303 e. The molecule has 0 aliphatic carbocycles. The number of hydrogen-bond donors (Lipinski definition) is 2. The van der Waals surface area contributed by atoms with Gasteiger partial charge in [-0.2, -0.15) is 0 Å². The van der Waals surface area contributed by atoms with Crippen molar-refractivity contribution in [2.24, 2.45) is 0 Å². The maximum absolute atomic E-state index is 11.4. The van der Waals surface area contributed by atoms with E-state index in [0.29, 0.717) is 24.7 Å². The third kappa shape index (κ3) is 3.87. The third-order valence-electron chi connectivity index (χ3n) is 2.66. The first-order valence-corrected chi connectivity index (χ1v) is 6.02. The molecule has 1 atom stereocenters. The number of para-hydroxylation sites is 2. The van der Waals surface area contributed by atoms with Gasteiger partial charge in [0.1, 0.15) is 12.7 Å². The topological polar surface area (TPSA) is 84.9 Å². The molecule has 6 heteroatoms. The normalized spacial score (nSPS) is 16.7. The average molecular weight is 265 g/mol. The van der Waals surface area contributed by atoms with Crippen molar-refractivity contribution in [3.63, 3.8) is 0 Å². The zero-order chi connectivity index (χ0) is 13.7. The van der Waals surface area contributed by atoms with Gasteiger partial charge in [0.15, 0.2) is 11.5 Å². The molecule has 1 aromatic rings. The predicted octanol–water partition coefficient (Wildman–Crippen LogP) is 0.807. The van der Waals surface area contributed by atoms with Crippen molar-refractivity contribution in [1.29, 1.82) is 0 Å². The summed E-state index contributed by atoms with van der Waals surface area (Å²) < 4.78 is 11.1. The highest BCUT2D eigenvalue weighted by molar-refractivity contribution is 5.80. The Hall–Kier alpha value is -2.24. The number of fused-ring (bicyclic) bond motifs is 1. The molecule has 0 radical (unpaired) electrons. The van der Waals surface area contributed by atoms with Gasteiger partial charge in [0.25, 0.3) is 0 Å². The summed E-state index contributed by atoms with van der Waals surface area (Å²) in [6.45, 7) is 0.656. The molecule has 1 amide bonds. The number of carbonyl (C=O) groups is 2. The molecule has 1 unspecified atom stereocenters. The summed E-state index contributed by atoms with van der Waals surface area (Å²) in [7, 11) is 0. The maximum atomic E-state index is 11.4. The number of aliphatic carboxylic acids is 1. The van der Waals surface area contributed by atoms with Gasteiger partial charge in [0.2, 0.25) is 5.91 Å². The summed E-state index contributed by atoms with van der Waals surface area (Å²) in [6, 6.07) is 7.32. The standard InChI is InChI=1S/C13H15NO5/c15-12(5-6-13(16)17)14-7-9-8-18-10-3-1-2-4-11(10)19-9/h1-4,9H,5-8H2,(H,14,15)(H,16,17). The molecule has 0 saturated heterocycles. The molecule has 1 aliphatic heterocycles. The number of amides is 1. The second-order valence-corrected chi connectivity index (χ2v) is 4.20. The van der Waals surface area contributed by atoms with Crippen LogP contribution in [-0.4, -0.2) is 36.2 Å². The molecule has 2 rings (SSSR count). The van der Waals surface area contributed by atoms with Gasteiger partial charge in [0.05, 0.1) is 13.0 Å². The lowest BCUT2D eigenvalue weighted by atomic mass is 10.2. The van der Waals surface area contributed by atoms with Crippen molar-refractivity contribution in [3.8, 4) is 11.5 Å². The van der Waals surface area contributed by atoms with Gasteiger partial charge in [-0.1, -0.05) is 12.1 Å². The first-order valence-electron chi connectivity index (χ1n) is 6.02. The van der Waals surface area contributed by atoms with Crippen LogP contribution in [0.25, 0.3) is 0 Å². The van der Waals surface area contributed by atoms with Gasteiger partial charge in [-0.3, -0.25) is 9.59 Å². The van der Waals surface area contributed by atoms with Gasteiger partial charge < -0.3 is 19.9 Å². The van der Waals surface area contributed by atoms with Crippen molar-refractivity contribution in [3.05, 3.63) is 24.3 Å². The van der Waals surface area contributed by atoms with Crippen LogP contribution in [0.2, 0.25) is 0 Å². The van der Waals surface area contributed by atoms with Crippen LogP contribution in [-0.2, 0) is 9.59 Å². The zero-order valence-electron chi connectivity index (χ0n) is 10.3. The van der Waals surface area contributed by atoms with Crippen molar-refractivity contribution in [1.82, 2.24) is 5.32 Å². The largest absolute Gasteiger partial charge is 0.486 e. The summed E-state index contributed by atoms with van der Waals surface area (Å²) in [5, 5.41) is 11.1. The van der Waals surface area contributed by atoms with Gasteiger partial charge in [-0.25, -0.2) is 0 Å². The Labute approximate surface area is 110 Å². The van der Waals surface area contributed by atoms with Crippen LogP contribution in [0.5, 0.6) is 11.5 Å². The number of hydrogen-bond acceptors (Lipinski definition) is 4. The van der Waals surface area contributed by atoms with Crippen LogP contribution in [0.15, 0.2) is 24.3 Å². The molecule has 0 spiro atoms. The Bertz CT molecular complexity index is 474. The fourth-order valence-electron chi connectivity index (χ4n) is 1.70. The molecule has 0 fully saturated rings. The van der Waals surface area contributed by atoms with E-state index in [1.807, 2.05) is 18.2 Å². The van der Waals surface area contributed by atoms with Crippen LogP contribution in [0, 0.1) is 0 Å². The molecular formula is C13H15NO5. The molecular weight excluding hydrogens is 250 g/mol. The number of carboxylic acids is 1. The lowest BCUT2D eigenvalue weighted by Gasteiger charge is -2.26. The van der Waals surface area contributed by atoms with Crippen molar-refractivity contribution in [2.75, 3.05) is 13.2 Å². The average Bonchev–Trinajstić information content (AvgIpc) is 2.42. The van der Waals surface area contributed by atoms with Gasteiger partial charge in [-0.15, -0.1) is 0 Å². The van der Waals surface area contributed by atoms with E-state index >= 15 is 0 Å². The first-order chi connectivity index (χ1) is 9.15. The number of benzene rings is 1. The Morgan fingerprint density at radius 1 is 1.26 bits per heavy atom.